The Bertz CT molecular complexity index is 456. The summed E-state index contributed by atoms with van der Waals surface area (Å²) < 4.78 is 0. The molecule has 1 rings (SSSR count). The highest BCUT2D eigenvalue weighted by atomic mass is 32.2. The molecule has 0 aliphatic rings. The van der Waals surface area contributed by atoms with Gasteiger partial charge >= 0.3 is 0 Å². The molecule has 0 bridgehead atoms. The van der Waals surface area contributed by atoms with E-state index in [1.54, 1.807) is 30.6 Å². The molecule has 5 heteroatoms. The first-order valence-electron chi connectivity index (χ1n) is 5.61. The highest BCUT2D eigenvalue weighted by molar-refractivity contribution is 7.98. The summed E-state index contributed by atoms with van der Waals surface area (Å²) in [6.45, 7) is 1.97. The van der Waals surface area contributed by atoms with Gasteiger partial charge in [0.05, 0.1) is 24.3 Å². The summed E-state index contributed by atoms with van der Waals surface area (Å²) in [5.41, 5.74) is 0.813. The first-order valence-corrected chi connectivity index (χ1v) is 6.83. The number of anilines is 1. The van der Waals surface area contributed by atoms with Gasteiger partial charge in [-0.3, -0.25) is 9.69 Å². The summed E-state index contributed by atoms with van der Waals surface area (Å²) in [6.07, 6.45) is 1.97. The van der Waals surface area contributed by atoms with Gasteiger partial charge in [-0.1, -0.05) is 12.1 Å². The molecule has 18 heavy (non-hydrogen) atoms. The zero-order chi connectivity index (χ0) is 13.5. The van der Waals surface area contributed by atoms with Crippen LogP contribution in [0.15, 0.2) is 29.2 Å². The van der Waals surface area contributed by atoms with Crippen molar-refractivity contribution in [2.45, 2.75) is 17.9 Å². The number of benzene rings is 1. The predicted octanol–water partition coefficient (Wildman–Crippen LogP) is 2.19. The van der Waals surface area contributed by atoms with Crippen LogP contribution in [-0.4, -0.2) is 36.7 Å². The smallest absolute Gasteiger partial charge is 0.238 e. The second-order valence-electron chi connectivity index (χ2n) is 3.97. The van der Waals surface area contributed by atoms with Crippen LogP contribution in [0.2, 0.25) is 0 Å². The zero-order valence-electron chi connectivity index (χ0n) is 10.8. The predicted molar refractivity (Wildman–Crippen MR) is 74.6 cm³/mol. The lowest BCUT2D eigenvalue weighted by Crippen LogP contribution is -2.35. The normalized spacial score (nSPS) is 11.9. The van der Waals surface area contributed by atoms with Crippen molar-refractivity contribution in [3.63, 3.8) is 0 Å². The zero-order valence-corrected chi connectivity index (χ0v) is 11.6. The molecule has 96 valence electrons. The molecule has 0 aliphatic heterocycles. The molecular formula is C13H17N3OS. The summed E-state index contributed by atoms with van der Waals surface area (Å²) in [7, 11) is 1.76. The molecule has 0 heterocycles. The number of thioether (sulfide) groups is 1. The molecule has 0 aliphatic carbocycles. The molecule has 0 saturated carbocycles. The average molecular weight is 263 g/mol. The van der Waals surface area contributed by atoms with Crippen LogP contribution in [0.3, 0.4) is 0 Å². The van der Waals surface area contributed by atoms with Crippen LogP contribution in [0.25, 0.3) is 0 Å². The first kappa shape index (κ1) is 14.6. The van der Waals surface area contributed by atoms with E-state index in [0.717, 1.165) is 10.6 Å². The summed E-state index contributed by atoms with van der Waals surface area (Å²) in [5, 5.41) is 11.6. The Morgan fingerprint density at radius 3 is 2.83 bits per heavy atom. The fourth-order valence-electron chi connectivity index (χ4n) is 1.40. The van der Waals surface area contributed by atoms with Crippen LogP contribution in [0.5, 0.6) is 0 Å². The number of hydrogen-bond acceptors (Lipinski definition) is 4. The van der Waals surface area contributed by atoms with E-state index < -0.39 is 0 Å². The maximum Gasteiger partial charge on any atom is 0.238 e. The Kier molecular flexibility index (Phi) is 5.69. The van der Waals surface area contributed by atoms with Gasteiger partial charge in [-0.25, -0.2) is 0 Å². The monoisotopic (exact) mass is 263 g/mol. The molecule has 1 N–H and O–H groups in total. The minimum absolute atomic E-state index is 0.110. The number of amides is 1. The Hall–Kier alpha value is -1.51. The SMILES string of the molecule is CSc1ccccc1NC(=O)CN(C)[C@@H](C)C#N. The van der Waals surface area contributed by atoms with E-state index in [4.69, 9.17) is 5.26 Å². The minimum atomic E-state index is -0.272. The fraction of sp³-hybridized carbons (Fsp3) is 0.385. The molecule has 1 atom stereocenters. The lowest BCUT2D eigenvalue weighted by Gasteiger charge is -2.18. The van der Waals surface area contributed by atoms with Crippen molar-refractivity contribution in [3.8, 4) is 6.07 Å². The van der Waals surface area contributed by atoms with Crippen molar-refractivity contribution in [1.29, 1.82) is 5.26 Å². The third-order valence-corrected chi connectivity index (χ3v) is 3.42. The number of nitrogens with one attached hydrogen (secondary N) is 1. The van der Waals surface area contributed by atoms with E-state index in [1.165, 1.54) is 0 Å². The van der Waals surface area contributed by atoms with Gasteiger partial charge in [-0.2, -0.15) is 5.26 Å². The lowest BCUT2D eigenvalue weighted by atomic mass is 10.3. The number of para-hydroxylation sites is 1. The second kappa shape index (κ2) is 7.04. The van der Waals surface area contributed by atoms with Gasteiger partial charge in [0.25, 0.3) is 0 Å². The molecule has 0 saturated heterocycles. The molecular weight excluding hydrogens is 246 g/mol. The highest BCUT2D eigenvalue weighted by Gasteiger charge is 2.13. The summed E-state index contributed by atoms with van der Waals surface area (Å²) in [6, 6.07) is 9.48. The Morgan fingerprint density at radius 2 is 2.22 bits per heavy atom. The van der Waals surface area contributed by atoms with Gasteiger partial charge in [0.1, 0.15) is 0 Å². The molecule has 0 fully saturated rings. The van der Waals surface area contributed by atoms with E-state index in [0.29, 0.717) is 0 Å². The Balaban J connectivity index is 2.63. The Labute approximate surface area is 112 Å². The number of carbonyl (C=O) groups is 1. The topological polar surface area (TPSA) is 56.1 Å². The highest BCUT2D eigenvalue weighted by Crippen LogP contribution is 2.24. The molecule has 1 amide bonds. The van der Waals surface area contributed by atoms with Crippen molar-refractivity contribution in [2.24, 2.45) is 0 Å². The summed E-state index contributed by atoms with van der Waals surface area (Å²) in [5.74, 6) is -0.110. The van der Waals surface area contributed by atoms with Gasteiger partial charge in [-0.15, -0.1) is 11.8 Å². The van der Waals surface area contributed by atoms with Gasteiger partial charge < -0.3 is 5.32 Å². The summed E-state index contributed by atoms with van der Waals surface area (Å²) >= 11 is 1.59. The number of nitriles is 1. The second-order valence-corrected chi connectivity index (χ2v) is 4.82. The molecule has 0 unspecified atom stereocenters. The third-order valence-electron chi connectivity index (χ3n) is 2.62. The fourth-order valence-corrected chi connectivity index (χ4v) is 1.95. The van der Waals surface area contributed by atoms with Crippen LogP contribution in [-0.2, 0) is 4.79 Å². The van der Waals surface area contributed by atoms with Crippen molar-refractivity contribution in [3.05, 3.63) is 24.3 Å². The van der Waals surface area contributed by atoms with E-state index in [9.17, 15) is 4.79 Å². The molecule has 1 aromatic carbocycles. The molecule has 1 aromatic rings. The maximum atomic E-state index is 11.8. The molecule has 0 aromatic heterocycles. The number of likely N-dealkylation sites (N-methyl/N-ethyl adjacent to an activating group) is 1. The maximum absolute atomic E-state index is 11.8. The number of carbonyl (C=O) groups excluding carboxylic acids is 1. The standard InChI is InChI=1S/C13H17N3OS/c1-10(8-14)16(2)9-13(17)15-11-6-4-5-7-12(11)18-3/h4-7,10H,9H2,1-3H3,(H,15,17)/t10-/m0/s1. The molecule has 0 spiro atoms. The Morgan fingerprint density at radius 1 is 1.56 bits per heavy atom. The van der Waals surface area contributed by atoms with Crippen molar-refractivity contribution >= 4 is 23.4 Å². The molecule has 4 nitrogen and oxygen atoms in total. The lowest BCUT2D eigenvalue weighted by molar-refractivity contribution is -0.117. The van der Waals surface area contributed by atoms with E-state index in [1.807, 2.05) is 30.5 Å². The van der Waals surface area contributed by atoms with Gasteiger partial charge in [0, 0.05) is 4.90 Å². The largest absolute Gasteiger partial charge is 0.324 e. The van der Waals surface area contributed by atoms with Crippen molar-refractivity contribution < 1.29 is 4.79 Å². The quantitative estimate of drug-likeness (QED) is 0.827. The van der Waals surface area contributed by atoms with Crippen molar-refractivity contribution in [2.75, 3.05) is 25.2 Å². The average Bonchev–Trinajstić information content (AvgIpc) is 2.38. The van der Waals surface area contributed by atoms with Crippen LogP contribution in [0.4, 0.5) is 5.69 Å². The first-order chi connectivity index (χ1) is 8.58. The third kappa shape index (κ3) is 4.06. The van der Waals surface area contributed by atoms with Crippen LogP contribution >= 0.6 is 11.8 Å². The van der Waals surface area contributed by atoms with Gasteiger partial charge in [0.2, 0.25) is 5.91 Å². The van der Waals surface area contributed by atoms with E-state index >= 15 is 0 Å². The minimum Gasteiger partial charge on any atom is -0.324 e. The number of nitrogens with zero attached hydrogens (tertiary/aromatic N) is 2. The van der Waals surface area contributed by atoms with E-state index in [-0.39, 0.29) is 18.5 Å². The van der Waals surface area contributed by atoms with Crippen LogP contribution in [0, 0.1) is 11.3 Å². The number of rotatable bonds is 5. The van der Waals surface area contributed by atoms with E-state index in [2.05, 4.69) is 11.4 Å². The molecule has 0 radical (unpaired) electrons. The van der Waals surface area contributed by atoms with Gasteiger partial charge in [-0.05, 0) is 32.4 Å². The van der Waals surface area contributed by atoms with Gasteiger partial charge in [0.15, 0.2) is 0 Å². The van der Waals surface area contributed by atoms with Crippen molar-refractivity contribution in [1.82, 2.24) is 4.90 Å². The number of hydrogen-bond donors (Lipinski definition) is 1. The summed E-state index contributed by atoms with van der Waals surface area (Å²) in [4.78, 5) is 14.6. The van der Waals surface area contributed by atoms with Crippen LogP contribution in [0.1, 0.15) is 6.92 Å². The van der Waals surface area contributed by atoms with Crippen LogP contribution < -0.4 is 5.32 Å².